The SMILES string of the molecule is CCN(Cc1cccs1)Cc1cc(=O)oc2ccc3ccccc3c12. The molecule has 0 unspecified atom stereocenters. The van der Waals surface area contributed by atoms with Crippen molar-refractivity contribution in [1.82, 2.24) is 4.90 Å². The summed E-state index contributed by atoms with van der Waals surface area (Å²) in [6, 6.07) is 18.0. The predicted octanol–water partition coefficient (Wildman–Crippen LogP) is 5.03. The fraction of sp³-hybridized carbons (Fsp3) is 0.190. The first kappa shape index (κ1) is 16.1. The Morgan fingerprint density at radius 3 is 2.72 bits per heavy atom. The second-order valence-corrected chi connectivity index (χ2v) is 7.17. The normalized spacial score (nSPS) is 11.6. The molecule has 4 heteroatoms. The fourth-order valence-electron chi connectivity index (χ4n) is 3.29. The van der Waals surface area contributed by atoms with Crippen LogP contribution < -0.4 is 5.63 Å². The summed E-state index contributed by atoms with van der Waals surface area (Å²) < 4.78 is 5.46. The number of rotatable bonds is 5. The molecule has 0 bridgehead atoms. The maximum absolute atomic E-state index is 12.0. The second kappa shape index (κ2) is 6.82. The van der Waals surface area contributed by atoms with Crippen LogP contribution in [0.25, 0.3) is 21.7 Å². The standard InChI is InChI=1S/C21H19NO2S/c1-2-22(14-17-7-5-11-25-17)13-16-12-20(23)24-19-10-9-15-6-3-4-8-18(15)21(16)19/h3-12H,2,13-14H2,1H3. The Morgan fingerprint density at radius 2 is 1.92 bits per heavy atom. The highest BCUT2D eigenvalue weighted by atomic mass is 32.1. The topological polar surface area (TPSA) is 33.5 Å². The van der Waals surface area contributed by atoms with Gasteiger partial charge in [0.15, 0.2) is 0 Å². The largest absolute Gasteiger partial charge is 0.423 e. The van der Waals surface area contributed by atoms with Crippen LogP contribution in [-0.4, -0.2) is 11.4 Å². The van der Waals surface area contributed by atoms with E-state index in [1.807, 2.05) is 24.3 Å². The highest BCUT2D eigenvalue weighted by molar-refractivity contribution is 7.09. The van der Waals surface area contributed by atoms with Crippen LogP contribution in [0.5, 0.6) is 0 Å². The van der Waals surface area contributed by atoms with E-state index in [1.54, 1.807) is 17.4 Å². The molecule has 0 N–H and O–H groups in total. The lowest BCUT2D eigenvalue weighted by atomic mass is 10.0. The molecule has 2 heterocycles. The highest BCUT2D eigenvalue weighted by Crippen LogP contribution is 2.28. The first-order valence-electron chi connectivity index (χ1n) is 8.44. The Kier molecular flexibility index (Phi) is 4.38. The lowest BCUT2D eigenvalue weighted by molar-refractivity contribution is 0.274. The fourth-order valence-corrected chi connectivity index (χ4v) is 4.03. The molecule has 2 aromatic carbocycles. The molecular formula is C21H19NO2S. The maximum Gasteiger partial charge on any atom is 0.336 e. The van der Waals surface area contributed by atoms with Crippen LogP contribution in [0.3, 0.4) is 0 Å². The lowest BCUT2D eigenvalue weighted by Gasteiger charge is -2.20. The molecule has 0 atom stereocenters. The van der Waals surface area contributed by atoms with E-state index in [4.69, 9.17) is 4.42 Å². The van der Waals surface area contributed by atoms with Crippen molar-refractivity contribution < 1.29 is 4.42 Å². The zero-order valence-corrected chi connectivity index (χ0v) is 14.9. The van der Waals surface area contributed by atoms with Crippen molar-refractivity contribution >= 4 is 33.1 Å². The van der Waals surface area contributed by atoms with Crippen LogP contribution in [0.2, 0.25) is 0 Å². The zero-order chi connectivity index (χ0) is 17.2. The molecule has 4 rings (SSSR count). The van der Waals surface area contributed by atoms with Crippen LogP contribution in [0.1, 0.15) is 17.4 Å². The molecule has 4 aromatic rings. The van der Waals surface area contributed by atoms with Gasteiger partial charge < -0.3 is 4.42 Å². The van der Waals surface area contributed by atoms with E-state index >= 15 is 0 Å². The van der Waals surface area contributed by atoms with Crippen molar-refractivity contribution in [3.05, 3.63) is 80.8 Å². The van der Waals surface area contributed by atoms with Crippen LogP contribution in [0.4, 0.5) is 0 Å². The van der Waals surface area contributed by atoms with Crippen molar-refractivity contribution in [3.63, 3.8) is 0 Å². The van der Waals surface area contributed by atoms with Gasteiger partial charge in [-0.3, -0.25) is 4.90 Å². The van der Waals surface area contributed by atoms with Gasteiger partial charge in [0.25, 0.3) is 0 Å². The van der Waals surface area contributed by atoms with E-state index in [-0.39, 0.29) is 5.63 Å². The molecule has 0 saturated heterocycles. The molecule has 0 spiro atoms. The third-order valence-electron chi connectivity index (χ3n) is 4.52. The first-order chi connectivity index (χ1) is 12.2. The van der Waals surface area contributed by atoms with Crippen molar-refractivity contribution in [2.45, 2.75) is 20.0 Å². The van der Waals surface area contributed by atoms with Gasteiger partial charge in [-0.05, 0) is 40.4 Å². The molecule has 0 aliphatic rings. The van der Waals surface area contributed by atoms with Gasteiger partial charge in [0.1, 0.15) is 5.58 Å². The van der Waals surface area contributed by atoms with Crippen LogP contribution in [-0.2, 0) is 13.1 Å². The molecule has 0 radical (unpaired) electrons. The summed E-state index contributed by atoms with van der Waals surface area (Å²) in [5, 5.41) is 5.43. The Balaban J connectivity index is 1.82. The summed E-state index contributed by atoms with van der Waals surface area (Å²) in [5.41, 5.74) is 1.40. The Labute approximate surface area is 150 Å². The number of benzene rings is 2. The average molecular weight is 349 g/mol. The average Bonchev–Trinajstić information content (AvgIpc) is 3.13. The molecule has 0 fully saturated rings. The zero-order valence-electron chi connectivity index (χ0n) is 14.1. The van der Waals surface area contributed by atoms with Crippen LogP contribution >= 0.6 is 11.3 Å². The van der Waals surface area contributed by atoms with Crippen molar-refractivity contribution in [2.24, 2.45) is 0 Å². The van der Waals surface area contributed by atoms with E-state index in [0.717, 1.165) is 41.4 Å². The number of thiophene rings is 1. The predicted molar refractivity (Wildman–Crippen MR) is 104 cm³/mol. The van der Waals surface area contributed by atoms with E-state index in [1.165, 1.54) is 4.88 Å². The molecule has 2 aromatic heterocycles. The molecule has 0 amide bonds. The van der Waals surface area contributed by atoms with Crippen LogP contribution in [0.15, 0.2) is 69.2 Å². The van der Waals surface area contributed by atoms with E-state index in [2.05, 4.69) is 41.5 Å². The lowest BCUT2D eigenvalue weighted by Crippen LogP contribution is -2.22. The van der Waals surface area contributed by atoms with E-state index in [9.17, 15) is 4.79 Å². The number of hydrogen-bond donors (Lipinski definition) is 0. The minimum absolute atomic E-state index is 0.287. The maximum atomic E-state index is 12.0. The minimum atomic E-state index is -0.287. The number of fused-ring (bicyclic) bond motifs is 3. The smallest absolute Gasteiger partial charge is 0.336 e. The molecular weight excluding hydrogens is 330 g/mol. The Bertz CT molecular complexity index is 1070. The number of nitrogens with zero attached hydrogens (tertiary/aromatic N) is 1. The quantitative estimate of drug-likeness (QED) is 0.374. The van der Waals surface area contributed by atoms with Crippen molar-refractivity contribution in [1.29, 1.82) is 0 Å². The van der Waals surface area contributed by atoms with Gasteiger partial charge in [-0.1, -0.05) is 43.3 Å². The van der Waals surface area contributed by atoms with Gasteiger partial charge in [0, 0.05) is 29.4 Å². The summed E-state index contributed by atoms with van der Waals surface area (Å²) in [4.78, 5) is 15.7. The monoisotopic (exact) mass is 349 g/mol. The summed E-state index contributed by atoms with van der Waals surface area (Å²) >= 11 is 1.76. The summed E-state index contributed by atoms with van der Waals surface area (Å²) in [6.45, 7) is 4.69. The van der Waals surface area contributed by atoms with Crippen molar-refractivity contribution in [2.75, 3.05) is 6.54 Å². The minimum Gasteiger partial charge on any atom is -0.423 e. The second-order valence-electron chi connectivity index (χ2n) is 6.13. The highest BCUT2D eigenvalue weighted by Gasteiger charge is 2.13. The molecule has 0 saturated carbocycles. The third kappa shape index (κ3) is 3.23. The molecule has 126 valence electrons. The third-order valence-corrected chi connectivity index (χ3v) is 5.38. The van der Waals surface area contributed by atoms with Gasteiger partial charge in [0.2, 0.25) is 0 Å². The first-order valence-corrected chi connectivity index (χ1v) is 9.32. The van der Waals surface area contributed by atoms with Gasteiger partial charge in [-0.15, -0.1) is 11.3 Å². The van der Waals surface area contributed by atoms with Gasteiger partial charge >= 0.3 is 5.63 Å². The Morgan fingerprint density at radius 1 is 1.04 bits per heavy atom. The summed E-state index contributed by atoms with van der Waals surface area (Å²) in [6.07, 6.45) is 0. The van der Waals surface area contributed by atoms with Gasteiger partial charge in [-0.25, -0.2) is 4.79 Å². The van der Waals surface area contributed by atoms with Crippen LogP contribution in [0, 0.1) is 0 Å². The van der Waals surface area contributed by atoms with E-state index < -0.39 is 0 Å². The number of hydrogen-bond acceptors (Lipinski definition) is 4. The summed E-state index contributed by atoms with van der Waals surface area (Å²) in [7, 11) is 0. The Hall–Kier alpha value is -2.43. The van der Waals surface area contributed by atoms with Gasteiger partial charge in [0.05, 0.1) is 0 Å². The molecule has 0 aliphatic heterocycles. The van der Waals surface area contributed by atoms with E-state index in [0.29, 0.717) is 5.58 Å². The molecule has 0 aliphatic carbocycles. The summed E-state index contributed by atoms with van der Waals surface area (Å²) in [5.74, 6) is 0. The molecule has 3 nitrogen and oxygen atoms in total. The molecule has 25 heavy (non-hydrogen) atoms. The van der Waals surface area contributed by atoms with Crippen molar-refractivity contribution in [3.8, 4) is 0 Å². The van der Waals surface area contributed by atoms with Gasteiger partial charge in [-0.2, -0.15) is 0 Å².